The minimum atomic E-state index is -1.55. The van der Waals surface area contributed by atoms with Crippen molar-refractivity contribution >= 4 is 28.8 Å². The Kier molecular flexibility index (Phi) is 10.6. The van der Waals surface area contributed by atoms with Gasteiger partial charge in [0.2, 0.25) is 5.91 Å². The zero-order valence-corrected chi connectivity index (χ0v) is 26.1. The number of carbonyl (C=O) groups is 2. The maximum atomic E-state index is 13.6. The molecule has 242 valence electrons. The molecule has 0 radical (unpaired) electrons. The van der Waals surface area contributed by atoms with Gasteiger partial charge in [0.15, 0.2) is 5.01 Å². The number of aryl methyl sites for hydroxylation is 3. The predicted octanol–water partition coefficient (Wildman–Crippen LogP) is 4.03. The molecule has 0 aliphatic carbocycles. The van der Waals surface area contributed by atoms with Crippen LogP contribution in [0.3, 0.4) is 0 Å². The number of nitrogens with zero attached hydrogens (tertiary/aromatic N) is 2. The Morgan fingerprint density at radius 3 is 2.20 bits per heavy atom. The Balaban J connectivity index is 1.31. The highest BCUT2D eigenvalue weighted by molar-refractivity contribution is 7.13. The van der Waals surface area contributed by atoms with E-state index >= 15 is 0 Å². The van der Waals surface area contributed by atoms with Crippen molar-refractivity contribution in [2.75, 3.05) is 18.1 Å². The fourth-order valence-electron chi connectivity index (χ4n) is 5.78. The summed E-state index contributed by atoms with van der Waals surface area (Å²) in [4.78, 5) is 31.7. The van der Waals surface area contributed by atoms with Gasteiger partial charge in [0, 0.05) is 16.8 Å². The molecule has 2 amide bonds. The van der Waals surface area contributed by atoms with Crippen LogP contribution in [0.25, 0.3) is 0 Å². The lowest BCUT2D eigenvalue weighted by Gasteiger charge is -2.48. The van der Waals surface area contributed by atoms with E-state index < -0.39 is 30.8 Å². The van der Waals surface area contributed by atoms with Gasteiger partial charge in [-0.2, -0.15) is 0 Å². The van der Waals surface area contributed by atoms with Crippen molar-refractivity contribution < 1.29 is 34.4 Å². The van der Waals surface area contributed by atoms with E-state index in [1.165, 1.54) is 23.5 Å². The number of rotatable bonds is 15. The summed E-state index contributed by atoms with van der Waals surface area (Å²) >= 11 is 1.28. The van der Waals surface area contributed by atoms with Gasteiger partial charge in [0.1, 0.15) is 11.4 Å². The number of hydrogen-bond acceptors (Lipinski definition) is 8. The number of aliphatic hydroxyl groups is 4. The molecule has 3 aromatic carbocycles. The van der Waals surface area contributed by atoms with Crippen LogP contribution in [-0.2, 0) is 24.1 Å². The fourth-order valence-corrected chi connectivity index (χ4v) is 6.55. The quantitative estimate of drug-likeness (QED) is 0.122. The summed E-state index contributed by atoms with van der Waals surface area (Å²) in [5.74, 6) is -1.34. The Hall–Kier alpha value is -4.00. The van der Waals surface area contributed by atoms with Gasteiger partial charge in [-0.3, -0.25) is 9.59 Å². The average molecular weight is 648 g/mol. The molecule has 0 bridgehead atoms. The molecule has 1 aliphatic rings. The Bertz CT molecular complexity index is 1620. The van der Waals surface area contributed by atoms with E-state index in [4.69, 9.17) is 5.73 Å². The molecule has 2 heterocycles. The Labute approximate surface area is 270 Å². The number of amides is 2. The largest absolute Gasteiger partial charge is 0.393 e. The molecule has 0 spiro atoms. The SMILES string of the molecule is NC(=O)c1ncc(CCc2ccc(N3C(=O)[C@H](CC[C@H](O)c4ccc(F)cc4)[C@H]3c3ccc(CCC(O)(CO)CO)cc3)cc2)s1. The normalized spacial score (nSPS) is 17.2. The second-order valence-electron chi connectivity index (χ2n) is 11.8. The van der Waals surface area contributed by atoms with Crippen molar-refractivity contribution in [3.63, 3.8) is 0 Å². The number of β-lactam (4-membered cyclic amide) rings is 1. The summed E-state index contributed by atoms with van der Waals surface area (Å²) in [6.07, 6.45) is 3.67. The fraction of sp³-hybridized carbons (Fsp3) is 0.343. The Morgan fingerprint density at radius 2 is 1.59 bits per heavy atom. The van der Waals surface area contributed by atoms with E-state index in [1.54, 1.807) is 23.2 Å². The second-order valence-corrected chi connectivity index (χ2v) is 13.0. The summed E-state index contributed by atoms with van der Waals surface area (Å²) in [5.41, 5.74) is 8.01. The zero-order valence-electron chi connectivity index (χ0n) is 25.3. The van der Waals surface area contributed by atoms with Gasteiger partial charge < -0.3 is 31.1 Å². The molecule has 1 aliphatic heterocycles. The van der Waals surface area contributed by atoms with E-state index in [0.717, 1.165) is 33.7 Å². The number of aliphatic hydroxyl groups excluding tert-OH is 3. The first-order valence-corrected chi connectivity index (χ1v) is 16.1. The summed E-state index contributed by atoms with van der Waals surface area (Å²) in [5, 5.41) is 40.1. The van der Waals surface area contributed by atoms with E-state index in [1.807, 2.05) is 48.5 Å². The molecule has 9 nitrogen and oxygen atoms in total. The van der Waals surface area contributed by atoms with E-state index in [0.29, 0.717) is 31.2 Å². The molecule has 0 saturated carbocycles. The van der Waals surface area contributed by atoms with Crippen molar-refractivity contribution in [1.29, 1.82) is 0 Å². The molecule has 1 aromatic heterocycles. The number of thiazole rings is 1. The van der Waals surface area contributed by atoms with Crippen molar-refractivity contribution in [2.45, 2.75) is 56.3 Å². The number of benzene rings is 3. The van der Waals surface area contributed by atoms with Gasteiger partial charge in [0.25, 0.3) is 5.91 Å². The molecule has 4 aromatic rings. The molecule has 3 atom stereocenters. The highest BCUT2D eigenvalue weighted by Crippen LogP contribution is 2.46. The molecule has 11 heteroatoms. The summed E-state index contributed by atoms with van der Waals surface area (Å²) in [7, 11) is 0. The van der Waals surface area contributed by atoms with Gasteiger partial charge >= 0.3 is 0 Å². The first-order valence-electron chi connectivity index (χ1n) is 15.2. The van der Waals surface area contributed by atoms with Crippen molar-refractivity contribution in [2.24, 2.45) is 11.7 Å². The van der Waals surface area contributed by atoms with Gasteiger partial charge in [-0.25, -0.2) is 9.37 Å². The third-order valence-electron chi connectivity index (χ3n) is 8.65. The van der Waals surface area contributed by atoms with E-state index in [2.05, 4.69) is 4.98 Å². The maximum Gasteiger partial charge on any atom is 0.277 e. The minimum absolute atomic E-state index is 0.0484. The summed E-state index contributed by atoms with van der Waals surface area (Å²) in [6, 6.07) is 21.0. The van der Waals surface area contributed by atoms with E-state index in [9.17, 15) is 34.4 Å². The zero-order chi connectivity index (χ0) is 32.8. The number of halogens is 1. The van der Waals surface area contributed by atoms with Crippen LogP contribution in [0.5, 0.6) is 0 Å². The molecule has 1 fully saturated rings. The summed E-state index contributed by atoms with van der Waals surface area (Å²) in [6.45, 7) is -1.07. The van der Waals surface area contributed by atoms with Crippen LogP contribution in [0.4, 0.5) is 10.1 Å². The highest BCUT2D eigenvalue weighted by Gasteiger charge is 2.48. The molecule has 6 N–H and O–H groups in total. The number of aromatic nitrogens is 1. The van der Waals surface area contributed by atoms with Crippen molar-refractivity contribution in [1.82, 2.24) is 4.98 Å². The molecule has 5 rings (SSSR count). The average Bonchev–Trinajstić information content (AvgIpc) is 3.56. The van der Waals surface area contributed by atoms with Crippen molar-refractivity contribution in [3.8, 4) is 0 Å². The highest BCUT2D eigenvalue weighted by atomic mass is 32.1. The van der Waals surface area contributed by atoms with Gasteiger partial charge in [-0.1, -0.05) is 48.5 Å². The van der Waals surface area contributed by atoms with Gasteiger partial charge in [-0.15, -0.1) is 11.3 Å². The lowest BCUT2D eigenvalue weighted by atomic mass is 9.78. The second kappa shape index (κ2) is 14.6. The molecule has 46 heavy (non-hydrogen) atoms. The lowest BCUT2D eigenvalue weighted by Crippen LogP contribution is -2.55. The third kappa shape index (κ3) is 7.68. The van der Waals surface area contributed by atoms with Crippen LogP contribution < -0.4 is 10.6 Å². The Morgan fingerprint density at radius 1 is 0.957 bits per heavy atom. The first kappa shape index (κ1) is 33.4. The van der Waals surface area contributed by atoms with Gasteiger partial charge in [-0.05, 0) is 85.0 Å². The number of carbonyl (C=O) groups excluding carboxylic acids is 2. The minimum Gasteiger partial charge on any atom is -0.393 e. The third-order valence-corrected chi connectivity index (χ3v) is 9.72. The monoisotopic (exact) mass is 647 g/mol. The van der Waals surface area contributed by atoms with Crippen LogP contribution in [0.2, 0.25) is 0 Å². The van der Waals surface area contributed by atoms with Crippen LogP contribution in [0, 0.1) is 11.7 Å². The lowest BCUT2D eigenvalue weighted by molar-refractivity contribution is -0.131. The maximum absolute atomic E-state index is 13.6. The number of primary amides is 1. The summed E-state index contributed by atoms with van der Waals surface area (Å²) < 4.78 is 13.4. The molecule has 1 saturated heterocycles. The van der Waals surface area contributed by atoms with Crippen LogP contribution in [0.1, 0.15) is 68.3 Å². The number of hydrogen-bond donors (Lipinski definition) is 5. The first-order chi connectivity index (χ1) is 22.1. The predicted molar refractivity (Wildman–Crippen MR) is 173 cm³/mol. The molecular formula is C35H38FN3O6S. The van der Waals surface area contributed by atoms with Crippen LogP contribution in [-0.4, -0.2) is 56.0 Å². The molecular weight excluding hydrogens is 609 g/mol. The smallest absolute Gasteiger partial charge is 0.277 e. The topological polar surface area (TPSA) is 157 Å². The van der Waals surface area contributed by atoms with Gasteiger partial charge in [0.05, 0.1) is 31.3 Å². The van der Waals surface area contributed by atoms with Crippen molar-refractivity contribution in [3.05, 3.63) is 117 Å². The number of anilines is 1. The van der Waals surface area contributed by atoms with Crippen LogP contribution in [0.15, 0.2) is 79.0 Å². The standard InChI is InChI=1S/C35H38FN3O6S/c36-26-10-8-24(9-11-26)30(42)16-15-29-31(25-6-1-23(2-7-25)17-18-35(45,20-40)21-41)39(34(29)44)27-12-3-22(4-13-27)5-14-28-19-38-33(46-28)32(37)43/h1-4,6-13,19,29-31,40-42,45H,5,14-18,20-21H2,(H2,37,43)/t29-,30+,31-/m1/s1. The van der Waals surface area contributed by atoms with Crippen LogP contribution >= 0.6 is 11.3 Å². The number of nitrogens with two attached hydrogens (primary N) is 1. The van der Waals surface area contributed by atoms with E-state index in [-0.39, 0.29) is 35.1 Å². The molecule has 0 unspecified atom stereocenters.